The van der Waals surface area contributed by atoms with Gasteiger partial charge < -0.3 is 25.0 Å². The van der Waals surface area contributed by atoms with Crippen molar-refractivity contribution in [2.24, 2.45) is 0 Å². The number of phenolic OH excluding ortho intramolecular Hbond substituents is 3. The standard InChI is InChI=1S/C29H29NO4/c1-17-6-11-29(28(33)12-17)34-25-9-7-22(8-10-25)30(26-15-23(31)13-18(2)20(26)4)27-16-24(32)14-19(3)21(27)5/h6-16,31-33H,1-5H3. The molecule has 5 nitrogen and oxygen atoms in total. The van der Waals surface area contributed by atoms with E-state index in [1.54, 1.807) is 36.4 Å². The fourth-order valence-corrected chi connectivity index (χ4v) is 4.02. The monoisotopic (exact) mass is 455 g/mol. The highest BCUT2D eigenvalue weighted by Gasteiger charge is 2.20. The number of anilines is 3. The largest absolute Gasteiger partial charge is 0.508 e. The Morgan fingerprint density at radius 3 is 1.65 bits per heavy atom. The summed E-state index contributed by atoms with van der Waals surface area (Å²) in [5, 5.41) is 30.9. The number of aromatic hydroxyl groups is 3. The lowest BCUT2D eigenvalue weighted by Crippen LogP contribution is -2.13. The molecular formula is C29H29NO4. The van der Waals surface area contributed by atoms with Crippen molar-refractivity contribution in [3.8, 4) is 28.7 Å². The number of rotatable bonds is 5. The van der Waals surface area contributed by atoms with E-state index in [9.17, 15) is 15.3 Å². The van der Waals surface area contributed by atoms with Gasteiger partial charge in [0.2, 0.25) is 0 Å². The summed E-state index contributed by atoms with van der Waals surface area (Å²) < 4.78 is 5.89. The zero-order valence-corrected chi connectivity index (χ0v) is 20.0. The molecule has 0 aromatic heterocycles. The van der Waals surface area contributed by atoms with E-state index in [0.29, 0.717) is 11.5 Å². The Hall–Kier alpha value is -4.12. The predicted octanol–water partition coefficient (Wildman–Crippen LogP) is 7.61. The van der Waals surface area contributed by atoms with Crippen molar-refractivity contribution in [3.63, 3.8) is 0 Å². The molecular weight excluding hydrogens is 426 g/mol. The first-order valence-electron chi connectivity index (χ1n) is 11.1. The molecule has 0 aliphatic heterocycles. The summed E-state index contributed by atoms with van der Waals surface area (Å²) in [7, 11) is 0. The molecule has 0 heterocycles. The van der Waals surface area contributed by atoms with Gasteiger partial charge in [0.15, 0.2) is 11.5 Å². The molecule has 0 unspecified atom stereocenters. The van der Waals surface area contributed by atoms with Crippen LogP contribution in [-0.2, 0) is 0 Å². The van der Waals surface area contributed by atoms with Crippen LogP contribution in [0, 0.1) is 34.6 Å². The molecule has 3 N–H and O–H groups in total. The molecule has 0 aliphatic rings. The number of ether oxygens (including phenoxy) is 1. The molecule has 0 spiro atoms. The van der Waals surface area contributed by atoms with Gasteiger partial charge in [-0.05, 0) is 111 Å². The lowest BCUT2D eigenvalue weighted by molar-refractivity contribution is 0.411. The van der Waals surface area contributed by atoms with Crippen LogP contribution in [0.1, 0.15) is 27.8 Å². The van der Waals surface area contributed by atoms with Crippen molar-refractivity contribution in [2.75, 3.05) is 4.90 Å². The van der Waals surface area contributed by atoms with Crippen molar-refractivity contribution in [1.29, 1.82) is 0 Å². The third-order valence-electron chi connectivity index (χ3n) is 6.17. The van der Waals surface area contributed by atoms with Crippen LogP contribution in [0.3, 0.4) is 0 Å². The molecule has 0 saturated carbocycles. The SMILES string of the molecule is Cc1ccc(Oc2ccc(N(c3cc(O)cc(C)c3C)c3cc(O)cc(C)c3C)cc2)c(O)c1. The molecule has 4 rings (SSSR count). The van der Waals surface area contributed by atoms with Crippen molar-refractivity contribution in [2.45, 2.75) is 34.6 Å². The molecule has 0 bridgehead atoms. The van der Waals surface area contributed by atoms with E-state index in [4.69, 9.17) is 4.74 Å². The average molecular weight is 456 g/mol. The highest BCUT2D eigenvalue weighted by Crippen LogP contribution is 2.43. The van der Waals surface area contributed by atoms with Gasteiger partial charge in [-0.1, -0.05) is 6.07 Å². The number of benzene rings is 4. The van der Waals surface area contributed by atoms with Gasteiger partial charge >= 0.3 is 0 Å². The van der Waals surface area contributed by atoms with Crippen LogP contribution >= 0.6 is 0 Å². The molecule has 0 fully saturated rings. The Kier molecular flexibility index (Phi) is 6.12. The topological polar surface area (TPSA) is 73.2 Å². The molecule has 0 aliphatic carbocycles. The van der Waals surface area contributed by atoms with E-state index in [1.807, 2.05) is 69.9 Å². The maximum absolute atomic E-state index is 10.4. The summed E-state index contributed by atoms with van der Waals surface area (Å²) in [5.74, 6) is 1.40. The molecule has 0 saturated heterocycles. The van der Waals surface area contributed by atoms with Crippen LogP contribution < -0.4 is 9.64 Å². The molecule has 0 radical (unpaired) electrons. The minimum absolute atomic E-state index is 0.0856. The second-order valence-electron chi connectivity index (χ2n) is 8.72. The lowest BCUT2D eigenvalue weighted by Gasteiger charge is -2.30. The second kappa shape index (κ2) is 9.02. The first-order valence-corrected chi connectivity index (χ1v) is 11.1. The van der Waals surface area contributed by atoms with Crippen LogP contribution in [0.25, 0.3) is 0 Å². The first-order chi connectivity index (χ1) is 16.1. The zero-order chi connectivity index (χ0) is 24.6. The van der Waals surface area contributed by atoms with Crippen LogP contribution in [-0.4, -0.2) is 15.3 Å². The van der Waals surface area contributed by atoms with Crippen molar-refractivity contribution in [3.05, 3.63) is 94.5 Å². The molecule has 0 atom stereocenters. The van der Waals surface area contributed by atoms with E-state index in [2.05, 4.69) is 0 Å². The van der Waals surface area contributed by atoms with Crippen LogP contribution in [0.5, 0.6) is 28.7 Å². The number of nitrogens with zero attached hydrogens (tertiary/aromatic N) is 1. The summed E-state index contributed by atoms with van der Waals surface area (Å²) in [6.07, 6.45) is 0. The predicted molar refractivity (Wildman–Crippen MR) is 136 cm³/mol. The minimum Gasteiger partial charge on any atom is -0.508 e. The van der Waals surface area contributed by atoms with Crippen molar-refractivity contribution in [1.82, 2.24) is 0 Å². The van der Waals surface area contributed by atoms with Gasteiger partial charge in [-0.15, -0.1) is 0 Å². The average Bonchev–Trinajstić information content (AvgIpc) is 2.78. The number of hydrogen-bond donors (Lipinski definition) is 3. The zero-order valence-electron chi connectivity index (χ0n) is 20.0. The van der Waals surface area contributed by atoms with E-state index < -0.39 is 0 Å². The Morgan fingerprint density at radius 2 is 1.15 bits per heavy atom. The Balaban J connectivity index is 1.82. The van der Waals surface area contributed by atoms with Gasteiger partial charge in [-0.2, -0.15) is 0 Å². The third-order valence-corrected chi connectivity index (χ3v) is 6.17. The minimum atomic E-state index is 0.0856. The fourth-order valence-electron chi connectivity index (χ4n) is 4.02. The first kappa shape index (κ1) is 23.1. The summed E-state index contributed by atoms with van der Waals surface area (Å²) in [4.78, 5) is 2.03. The van der Waals surface area contributed by atoms with E-state index in [0.717, 1.165) is 44.9 Å². The molecule has 5 heteroatoms. The molecule has 4 aromatic rings. The van der Waals surface area contributed by atoms with E-state index >= 15 is 0 Å². The number of phenols is 3. The number of hydrogen-bond acceptors (Lipinski definition) is 5. The van der Waals surface area contributed by atoms with Crippen molar-refractivity contribution >= 4 is 17.1 Å². The normalized spacial score (nSPS) is 10.9. The van der Waals surface area contributed by atoms with Gasteiger partial charge in [-0.25, -0.2) is 0 Å². The van der Waals surface area contributed by atoms with Crippen LogP contribution in [0.15, 0.2) is 66.7 Å². The Bertz CT molecular complexity index is 1300. The van der Waals surface area contributed by atoms with Gasteiger partial charge in [0.05, 0.1) is 11.4 Å². The molecule has 34 heavy (non-hydrogen) atoms. The fraction of sp³-hybridized carbons (Fsp3) is 0.172. The van der Waals surface area contributed by atoms with Crippen LogP contribution in [0.2, 0.25) is 0 Å². The van der Waals surface area contributed by atoms with Gasteiger partial charge in [-0.3, -0.25) is 0 Å². The van der Waals surface area contributed by atoms with E-state index in [1.165, 1.54) is 0 Å². The van der Waals surface area contributed by atoms with E-state index in [-0.39, 0.29) is 17.2 Å². The maximum atomic E-state index is 10.4. The smallest absolute Gasteiger partial charge is 0.169 e. The summed E-state index contributed by atoms with van der Waals surface area (Å²) in [5.41, 5.74) is 7.37. The summed E-state index contributed by atoms with van der Waals surface area (Å²) in [6, 6.07) is 19.7. The molecule has 4 aromatic carbocycles. The second-order valence-corrected chi connectivity index (χ2v) is 8.72. The Morgan fingerprint density at radius 1 is 0.618 bits per heavy atom. The Labute approximate surface area is 200 Å². The molecule has 0 amide bonds. The lowest BCUT2D eigenvalue weighted by atomic mass is 10.0. The van der Waals surface area contributed by atoms with Gasteiger partial charge in [0.1, 0.15) is 17.2 Å². The summed E-state index contributed by atoms with van der Waals surface area (Å²) in [6.45, 7) is 9.85. The highest BCUT2D eigenvalue weighted by molar-refractivity contribution is 5.82. The quantitative estimate of drug-likeness (QED) is 0.289. The van der Waals surface area contributed by atoms with Crippen molar-refractivity contribution < 1.29 is 20.1 Å². The highest BCUT2D eigenvalue weighted by atomic mass is 16.5. The van der Waals surface area contributed by atoms with Gasteiger partial charge in [0, 0.05) is 17.8 Å². The third kappa shape index (κ3) is 4.50. The van der Waals surface area contributed by atoms with Gasteiger partial charge in [0.25, 0.3) is 0 Å². The molecule has 174 valence electrons. The summed E-state index contributed by atoms with van der Waals surface area (Å²) >= 11 is 0. The van der Waals surface area contributed by atoms with Crippen LogP contribution in [0.4, 0.5) is 17.1 Å². The maximum Gasteiger partial charge on any atom is 0.169 e. The number of aryl methyl sites for hydroxylation is 3.